The molecule has 2 rings (SSSR count). The molecule has 0 heterocycles. The molecule has 1 aliphatic rings. The van der Waals surface area contributed by atoms with Gasteiger partial charge in [-0.05, 0) is 50.7 Å². The molecule has 20 heavy (non-hydrogen) atoms. The topological polar surface area (TPSA) is 35.2 Å². The van der Waals surface area contributed by atoms with E-state index < -0.39 is 0 Å². The molecule has 3 unspecified atom stereocenters. The minimum absolute atomic E-state index is 0.211. The molecule has 0 spiro atoms. The van der Waals surface area contributed by atoms with Crippen LogP contribution in [-0.4, -0.2) is 12.1 Å². The third-order valence-electron chi connectivity index (χ3n) is 4.39. The van der Waals surface area contributed by atoms with Crippen LogP contribution in [0.2, 0.25) is 0 Å². The predicted octanol–water partition coefficient (Wildman–Crippen LogP) is 4.48. The summed E-state index contributed by atoms with van der Waals surface area (Å²) >= 11 is 0. The van der Waals surface area contributed by atoms with Gasteiger partial charge >= 0.3 is 0 Å². The number of hydrogen-bond donors (Lipinski definition) is 1. The van der Waals surface area contributed by atoms with E-state index in [1.165, 1.54) is 31.2 Å². The standard InChI is InChI=1S/C18H29NO/c1-4-7-14-10-11-17(19)16(12-14)15-8-5-6-9-18(15)20-13(2)3/h5-6,8-9,13-14,16-17H,4,7,10-12,19H2,1-3H3. The Morgan fingerprint density at radius 2 is 2.00 bits per heavy atom. The van der Waals surface area contributed by atoms with Crippen LogP contribution in [0.4, 0.5) is 0 Å². The smallest absolute Gasteiger partial charge is 0.123 e. The second-order valence-corrected chi connectivity index (χ2v) is 6.44. The van der Waals surface area contributed by atoms with Crippen LogP contribution < -0.4 is 10.5 Å². The Kier molecular flexibility index (Phi) is 5.47. The molecular formula is C18H29NO. The summed E-state index contributed by atoms with van der Waals surface area (Å²) in [6.07, 6.45) is 6.47. The molecule has 112 valence electrons. The Balaban J connectivity index is 2.19. The predicted molar refractivity (Wildman–Crippen MR) is 85.2 cm³/mol. The molecule has 0 aromatic heterocycles. The quantitative estimate of drug-likeness (QED) is 0.859. The fourth-order valence-corrected chi connectivity index (χ4v) is 3.46. The van der Waals surface area contributed by atoms with Crippen LogP contribution in [0.3, 0.4) is 0 Å². The van der Waals surface area contributed by atoms with Gasteiger partial charge in [-0.15, -0.1) is 0 Å². The van der Waals surface area contributed by atoms with Crippen LogP contribution in [0.15, 0.2) is 24.3 Å². The Bertz CT molecular complexity index is 416. The van der Waals surface area contributed by atoms with E-state index in [2.05, 4.69) is 45.0 Å². The summed E-state index contributed by atoms with van der Waals surface area (Å²) in [5.74, 6) is 2.31. The lowest BCUT2D eigenvalue weighted by Crippen LogP contribution is -2.35. The van der Waals surface area contributed by atoms with Gasteiger partial charge < -0.3 is 10.5 Å². The van der Waals surface area contributed by atoms with Crippen LogP contribution in [0.1, 0.15) is 64.4 Å². The zero-order valence-electron chi connectivity index (χ0n) is 13.1. The van der Waals surface area contributed by atoms with Crippen LogP contribution >= 0.6 is 0 Å². The third kappa shape index (κ3) is 3.76. The highest BCUT2D eigenvalue weighted by atomic mass is 16.5. The second-order valence-electron chi connectivity index (χ2n) is 6.44. The van der Waals surface area contributed by atoms with Gasteiger partial charge in [0.2, 0.25) is 0 Å². The molecule has 0 bridgehead atoms. The Morgan fingerprint density at radius 1 is 1.25 bits per heavy atom. The number of hydrogen-bond acceptors (Lipinski definition) is 2. The maximum Gasteiger partial charge on any atom is 0.123 e. The highest BCUT2D eigenvalue weighted by Crippen LogP contribution is 2.40. The van der Waals surface area contributed by atoms with Crippen molar-refractivity contribution in [1.82, 2.24) is 0 Å². The van der Waals surface area contributed by atoms with Crippen molar-refractivity contribution in [2.24, 2.45) is 11.7 Å². The molecule has 1 fully saturated rings. The molecule has 0 radical (unpaired) electrons. The number of ether oxygens (including phenoxy) is 1. The first-order valence-electron chi connectivity index (χ1n) is 8.13. The average molecular weight is 275 g/mol. The normalized spacial score (nSPS) is 26.8. The van der Waals surface area contributed by atoms with E-state index in [1.807, 2.05) is 0 Å². The van der Waals surface area contributed by atoms with Crippen molar-refractivity contribution in [3.8, 4) is 5.75 Å². The summed E-state index contributed by atoms with van der Waals surface area (Å²) in [6.45, 7) is 6.44. The molecule has 0 saturated heterocycles. The SMILES string of the molecule is CCCC1CCC(N)C(c2ccccc2OC(C)C)C1. The highest BCUT2D eigenvalue weighted by molar-refractivity contribution is 5.37. The molecule has 1 saturated carbocycles. The average Bonchev–Trinajstić information content (AvgIpc) is 2.41. The maximum absolute atomic E-state index is 6.41. The van der Waals surface area contributed by atoms with Crippen LogP contribution in [0.25, 0.3) is 0 Å². The molecule has 0 amide bonds. The minimum atomic E-state index is 0.211. The maximum atomic E-state index is 6.41. The van der Waals surface area contributed by atoms with Gasteiger partial charge in [-0.2, -0.15) is 0 Å². The largest absolute Gasteiger partial charge is 0.491 e. The van der Waals surface area contributed by atoms with Crippen molar-refractivity contribution >= 4 is 0 Å². The van der Waals surface area contributed by atoms with Gasteiger partial charge in [-0.3, -0.25) is 0 Å². The fourth-order valence-electron chi connectivity index (χ4n) is 3.46. The molecule has 1 aromatic rings. The van der Waals surface area contributed by atoms with E-state index in [9.17, 15) is 0 Å². The monoisotopic (exact) mass is 275 g/mol. The van der Waals surface area contributed by atoms with Gasteiger partial charge in [0.25, 0.3) is 0 Å². The van der Waals surface area contributed by atoms with E-state index in [0.29, 0.717) is 5.92 Å². The molecule has 0 aliphatic heterocycles. The molecule has 1 aliphatic carbocycles. The van der Waals surface area contributed by atoms with E-state index in [-0.39, 0.29) is 12.1 Å². The number of rotatable bonds is 5. The first-order valence-corrected chi connectivity index (χ1v) is 8.13. The molecule has 2 N–H and O–H groups in total. The van der Waals surface area contributed by atoms with E-state index in [0.717, 1.165) is 18.1 Å². The first-order chi connectivity index (χ1) is 9.61. The summed E-state index contributed by atoms with van der Waals surface area (Å²) in [7, 11) is 0. The zero-order valence-corrected chi connectivity index (χ0v) is 13.1. The molecule has 2 nitrogen and oxygen atoms in total. The summed E-state index contributed by atoms with van der Waals surface area (Å²) in [5.41, 5.74) is 7.73. The second kappa shape index (κ2) is 7.12. The van der Waals surface area contributed by atoms with Gasteiger partial charge in [0.05, 0.1) is 6.10 Å². The Morgan fingerprint density at radius 3 is 2.70 bits per heavy atom. The van der Waals surface area contributed by atoms with Crippen LogP contribution in [-0.2, 0) is 0 Å². The lowest BCUT2D eigenvalue weighted by molar-refractivity contribution is 0.228. The Hall–Kier alpha value is -1.02. The summed E-state index contributed by atoms with van der Waals surface area (Å²) in [4.78, 5) is 0. The van der Waals surface area contributed by atoms with E-state index in [4.69, 9.17) is 10.5 Å². The summed E-state index contributed by atoms with van der Waals surface area (Å²) in [5, 5.41) is 0. The first kappa shape index (κ1) is 15.4. The molecule has 1 aromatic carbocycles. The van der Waals surface area contributed by atoms with Crippen LogP contribution in [0.5, 0.6) is 5.75 Å². The number of nitrogens with two attached hydrogens (primary N) is 1. The Labute approximate surface area is 123 Å². The van der Waals surface area contributed by atoms with Gasteiger partial charge in [0, 0.05) is 12.0 Å². The molecule has 3 atom stereocenters. The van der Waals surface area contributed by atoms with Gasteiger partial charge in [0.15, 0.2) is 0 Å². The van der Waals surface area contributed by atoms with Gasteiger partial charge in [0.1, 0.15) is 5.75 Å². The number of para-hydroxylation sites is 1. The van der Waals surface area contributed by atoms with Gasteiger partial charge in [-0.25, -0.2) is 0 Å². The van der Waals surface area contributed by atoms with Crippen molar-refractivity contribution < 1.29 is 4.74 Å². The van der Waals surface area contributed by atoms with Crippen molar-refractivity contribution in [2.75, 3.05) is 0 Å². The zero-order chi connectivity index (χ0) is 14.5. The lowest BCUT2D eigenvalue weighted by Gasteiger charge is -2.35. The van der Waals surface area contributed by atoms with Crippen molar-refractivity contribution in [3.05, 3.63) is 29.8 Å². The molecular weight excluding hydrogens is 246 g/mol. The number of benzene rings is 1. The minimum Gasteiger partial charge on any atom is -0.491 e. The van der Waals surface area contributed by atoms with Crippen molar-refractivity contribution in [3.63, 3.8) is 0 Å². The van der Waals surface area contributed by atoms with Crippen molar-refractivity contribution in [1.29, 1.82) is 0 Å². The van der Waals surface area contributed by atoms with E-state index >= 15 is 0 Å². The van der Waals surface area contributed by atoms with Crippen molar-refractivity contribution in [2.45, 2.75) is 70.9 Å². The van der Waals surface area contributed by atoms with Gasteiger partial charge in [-0.1, -0.05) is 38.0 Å². The molecule has 2 heteroatoms. The fraction of sp³-hybridized carbons (Fsp3) is 0.667. The van der Waals surface area contributed by atoms with Crippen LogP contribution in [0, 0.1) is 5.92 Å². The third-order valence-corrected chi connectivity index (χ3v) is 4.39. The van der Waals surface area contributed by atoms with E-state index in [1.54, 1.807) is 0 Å². The summed E-state index contributed by atoms with van der Waals surface area (Å²) in [6, 6.07) is 8.74. The highest BCUT2D eigenvalue weighted by Gasteiger charge is 2.30. The summed E-state index contributed by atoms with van der Waals surface area (Å²) < 4.78 is 5.99. The lowest BCUT2D eigenvalue weighted by atomic mass is 9.73.